The molecule has 1 aromatic carbocycles. The molecule has 0 aliphatic carbocycles. The summed E-state index contributed by atoms with van der Waals surface area (Å²) >= 11 is 1.77. The van der Waals surface area contributed by atoms with E-state index < -0.39 is 0 Å². The van der Waals surface area contributed by atoms with E-state index in [9.17, 15) is 0 Å². The number of aliphatic imine (C=N–C) groups is 1. The quantitative estimate of drug-likeness (QED) is 0.237. The van der Waals surface area contributed by atoms with Crippen molar-refractivity contribution in [2.75, 3.05) is 34.3 Å². The number of guanidine groups is 1. The van der Waals surface area contributed by atoms with Gasteiger partial charge in [-0.15, -0.1) is 35.3 Å². The molecule has 0 atom stereocenters. The summed E-state index contributed by atoms with van der Waals surface area (Å²) in [6.45, 7) is 5.44. The first-order valence-corrected chi connectivity index (χ1v) is 9.80. The van der Waals surface area contributed by atoms with Crippen molar-refractivity contribution < 1.29 is 4.74 Å². The SMILES string of the molecule is CN=C(NCc1ccc(OCCCN(C)C)cc1)NCc1sccc1C.I. The van der Waals surface area contributed by atoms with E-state index in [0.717, 1.165) is 44.4 Å². The van der Waals surface area contributed by atoms with E-state index in [1.54, 1.807) is 18.4 Å². The predicted molar refractivity (Wildman–Crippen MR) is 127 cm³/mol. The van der Waals surface area contributed by atoms with Gasteiger partial charge in [0.2, 0.25) is 0 Å². The molecule has 0 bridgehead atoms. The Bertz CT molecular complexity index is 686. The van der Waals surface area contributed by atoms with E-state index in [-0.39, 0.29) is 24.0 Å². The summed E-state index contributed by atoms with van der Waals surface area (Å²) in [5.41, 5.74) is 2.51. The monoisotopic (exact) mass is 502 g/mol. The van der Waals surface area contributed by atoms with Gasteiger partial charge in [0.15, 0.2) is 5.96 Å². The normalized spacial score (nSPS) is 11.2. The van der Waals surface area contributed by atoms with Crippen molar-refractivity contribution in [3.8, 4) is 5.75 Å². The van der Waals surface area contributed by atoms with Crippen LogP contribution >= 0.6 is 35.3 Å². The Hall–Kier alpha value is -1.32. The highest BCUT2D eigenvalue weighted by molar-refractivity contribution is 14.0. The van der Waals surface area contributed by atoms with Crippen molar-refractivity contribution in [3.05, 3.63) is 51.7 Å². The number of thiophene rings is 1. The smallest absolute Gasteiger partial charge is 0.191 e. The second kappa shape index (κ2) is 13.0. The van der Waals surface area contributed by atoms with Crippen LogP contribution in [0.3, 0.4) is 0 Å². The minimum atomic E-state index is 0. The maximum atomic E-state index is 5.77. The maximum Gasteiger partial charge on any atom is 0.191 e. The predicted octanol–water partition coefficient (Wildman–Crippen LogP) is 3.87. The van der Waals surface area contributed by atoms with Gasteiger partial charge in [-0.3, -0.25) is 4.99 Å². The van der Waals surface area contributed by atoms with E-state index >= 15 is 0 Å². The van der Waals surface area contributed by atoms with E-state index in [0.29, 0.717) is 0 Å². The zero-order valence-electron chi connectivity index (χ0n) is 16.6. The van der Waals surface area contributed by atoms with E-state index in [2.05, 4.69) is 65.1 Å². The number of rotatable bonds is 9. The van der Waals surface area contributed by atoms with Gasteiger partial charge in [-0.25, -0.2) is 0 Å². The summed E-state index contributed by atoms with van der Waals surface area (Å²) in [6, 6.07) is 10.4. The lowest BCUT2D eigenvalue weighted by molar-refractivity contribution is 0.281. The third-order valence-electron chi connectivity index (χ3n) is 4.01. The lowest BCUT2D eigenvalue weighted by Crippen LogP contribution is -2.36. The minimum Gasteiger partial charge on any atom is -0.494 e. The van der Waals surface area contributed by atoms with Gasteiger partial charge < -0.3 is 20.3 Å². The van der Waals surface area contributed by atoms with Crippen molar-refractivity contribution in [2.45, 2.75) is 26.4 Å². The Morgan fingerprint density at radius 3 is 2.41 bits per heavy atom. The second-order valence-corrected chi connectivity index (χ2v) is 7.46. The van der Waals surface area contributed by atoms with E-state index in [4.69, 9.17) is 4.74 Å². The van der Waals surface area contributed by atoms with Gasteiger partial charge in [0.25, 0.3) is 0 Å². The standard InChI is InChI=1S/C20H30N4OS.HI/c1-16-10-13-26-19(16)15-23-20(21-2)22-14-17-6-8-18(9-7-17)25-12-5-11-24(3)4;/h6-10,13H,5,11-12,14-15H2,1-4H3,(H2,21,22,23);1H. The molecular formula is C20H31IN4OS. The first kappa shape index (κ1) is 23.7. The van der Waals surface area contributed by atoms with Crippen LogP contribution in [0.5, 0.6) is 5.75 Å². The molecule has 0 saturated carbocycles. The minimum absolute atomic E-state index is 0. The number of halogens is 1. The molecule has 0 spiro atoms. The first-order valence-electron chi connectivity index (χ1n) is 8.92. The molecule has 0 saturated heterocycles. The van der Waals surface area contributed by atoms with Crippen LogP contribution in [0.2, 0.25) is 0 Å². The van der Waals surface area contributed by atoms with E-state index in [1.165, 1.54) is 16.0 Å². The van der Waals surface area contributed by atoms with E-state index in [1.807, 2.05) is 12.1 Å². The molecule has 150 valence electrons. The van der Waals surface area contributed by atoms with Crippen LogP contribution < -0.4 is 15.4 Å². The second-order valence-electron chi connectivity index (χ2n) is 6.46. The number of nitrogens with zero attached hydrogens (tertiary/aromatic N) is 2. The molecule has 1 aromatic heterocycles. The van der Waals surface area contributed by atoms with Gasteiger partial charge >= 0.3 is 0 Å². The number of hydrogen-bond acceptors (Lipinski definition) is 4. The number of ether oxygens (including phenoxy) is 1. The summed E-state index contributed by atoms with van der Waals surface area (Å²) in [7, 11) is 5.94. The number of nitrogens with one attached hydrogen (secondary N) is 2. The Kier molecular flexibility index (Phi) is 11.4. The first-order chi connectivity index (χ1) is 12.6. The molecule has 2 rings (SSSR count). The molecule has 1 heterocycles. The third kappa shape index (κ3) is 8.94. The molecule has 0 aliphatic rings. The average molecular weight is 502 g/mol. The molecule has 0 unspecified atom stereocenters. The van der Waals surface area contributed by atoms with Crippen LogP contribution in [0.25, 0.3) is 0 Å². The molecule has 2 aromatic rings. The Morgan fingerprint density at radius 1 is 1.11 bits per heavy atom. The Labute approximate surface area is 184 Å². The van der Waals surface area contributed by atoms with Crippen LogP contribution in [0.4, 0.5) is 0 Å². The zero-order valence-corrected chi connectivity index (χ0v) is 19.8. The van der Waals surface area contributed by atoms with Crippen LogP contribution in [-0.4, -0.2) is 45.2 Å². The van der Waals surface area contributed by atoms with Gasteiger partial charge in [0.05, 0.1) is 13.2 Å². The highest BCUT2D eigenvalue weighted by atomic mass is 127. The summed E-state index contributed by atoms with van der Waals surface area (Å²) in [4.78, 5) is 7.79. The van der Waals surface area contributed by atoms with Crippen LogP contribution in [0.1, 0.15) is 22.4 Å². The number of hydrogen-bond donors (Lipinski definition) is 2. The molecule has 0 radical (unpaired) electrons. The van der Waals surface area contributed by atoms with Gasteiger partial charge in [0.1, 0.15) is 5.75 Å². The molecule has 27 heavy (non-hydrogen) atoms. The molecule has 0 fully saturated rings. The maximum absolute atomic E-state index is 5.77. The van der Waals surface area contributed by atoms with Crippen molar-refractivity contribution in [3.63, 3.8) is 0 Å². The summed E-state index contributed by atoms with van der Waals surface area (Å²) in [5.74, 6) is 1.73. The van der Waals surface area contributed by atoms with Gasteiger partial charge in [0, 0.05) is 25.0 Å². The summed E-state index contributed by atoms with van der Waals surface area (Å²) in [5, 5.41) is 8.83. The third-order valence-corrected chi connectivity index (χ3v) is 5.03. The molecule has 0 aliphatic heterocycles. The fourth-order valence-corrected chi connectivity index (χ4v) is 3.28. The molecule has 5 nitrogen and oxygen atoms in total. The van der Waals surface area contributed by atoms with Crippen LogP contribution in [-0.2, 0) is 13.1 Å². The number of benzene rings is 1. The molecule has 7 heteroatoms. The molecule has 2 N–H and O–H groups in total. The average Bonchev–Trinajstić information content (AvgIpc) is 3.05. The highest BCUT2D eigenvalue weighted by Gasteiger charge is 2.03. The summed E-state index contributed by atoms with van der Waals surface area (Å²) in [6.07, 6.45) is 1.03. The molecule has 0 amide bonds. The fraction of sp³-hybridized carbons (Fsp3) is 0.450. The van der Waals surface area contributed by atoms with Crippen molar-refractivity contribution >= 4 is 41.3 Å². The van der Waals surface area contributed by atoms with Crippen molar-refractivity contribution in [2.24, 2.45) is 4.99 Å². The summed E-state index contributed by atoms with van der Waals surface area (Å²) < 4.78 is 5.77. The van der Waals surface area contributed by atoms with Crippen molar-refractivity contribution in [1.29, 1.82) is 0 Å². The van der Waals surface area contributed by atoms with Crippen LogP contribution in [0.15, 0.2) is 40.7 Å². The van der Waals surface area contributed by atoms with Crippen LogP contribution in [0, 0.1) is 6.92 Å². The fourth-order valence-electron chi connectivity index (χ4n) is 2.43. The van der Waals surface area contributed by atoms with Gasteiger partial charge in [-0.1, -0.05) is 12.1 Å². The highest BCUT2D eigenvalue weighted by Crippen LogP contribution is 2.15. The topological polar surface area (TPSA) is 48.9 Å². The van der Waals surface area contributed by atoms with Crippen molar-refractivity contribution in [1.82, 2.24) is 15.5 Å². The number of aryl methyl sites for hydroxylation is 1. The van der Waals surface area contributed by atoms with Gasteiger partial charge in [-0.05, 0) is 62.1 Å². The Balaban J connectivity index is 0.00000364. The van der Waals surface area contributed by atoms with Gasteiger partial charge in [-0.2, -0.15) is 0 Å². The zero-order chi connectivity index (χ0) is 18.8. The largest absolute Gasteiger partial charge is 0.494 e. The lowest BCUT2D eigenvalue weighted by Gasteiger charge is -2.13. The molecular weight excluding hydrogens is 471 g/mol. The Morgan fingerprint density at radius 2 is 1.81 bits per heavy atom. The lowest BCUT2D eigenvalue weighted by atomic mass is 10.2.